The molecule has 1 aromatic heterocycles. The Bertz CT molecular complexity index is 1140. The van der Waals surface area contributed by atoms with E-state index in [0.29, 0.717) is 17.9 Å². The molecule has 37 heavy (non-hydrogen) atoms. The molecule has 0 bridgehead atoms. The maximum atomic E-state index is 13.8. The van der Waals surface area contributed by atoms with Gasteiger partial charge in [-0.25, -0.2) is 9.97 Å². The first-order valence-electron chi connectivity index (χ1n) is 13.6. The Morgan fingerprint density at radius 2 is 1.89 bits per heavy atom. The summed E-state index contributed by atoms with van der Waals surface area (Å²) in [6.45, 7) is 6.45. The largest absolute Gasteiger partial charge is 0.344 e. The Balaban J connectivity index is 1.61. The Labute approximate surface area is 220 Å². The highest BCUT2D eigenvalue weighted by Gasteiger charge is 2.36. The van der Waals surface area contributed by atoms with E-state index in [1.165, 1.54) is 5.56 Å². The third kappa shape index (κ3) is 5.90. The zero-order valence-corrected chi connectivity index (χ0v) is 22.5. The highest BCUT2D eigenvalue weighted by atomic mass is 16.2. The van der Waals surface area contributed by atoms with E-state index in [1.807, 2.05) is 26.0 Å². The van der Waals surface area contributed by atoms with Crippen LogP contribution in [0.3, 0.4) is 0 Å². The molecule has 8 nitrogen and oxygen atoms in total. The Morgan fingerprint density at radius 3 is 2.59 bits per heavy atom. The quantitative estimate of drug-likeness (QED) is 0.418. The fraction of sp³-hybridized carbons (Fsp3) is 0.552. The number of aryl methyl sites for hydroxylation is 1. The van der Waals surface area contributed by atoms with Crippen LogP contribution < -0.4 is 15.5 Å². The van der Waals surface area contributed by atoms with Gasteiger partial charge in [-0.2, -0.15) is 0 Å². The predicted molar refractivity (Wildman–Crippen MR) is 147 cm³/mol. The van der Waals surface area contributed by atoms with Crippen LogP contribution >= 0.6 is 0 Å². The number of likely N-dealkylation sites (N-methyl/N-ethyl adjacent to an activating group) is 1. The number of carbonyl (C=O) groups excluding carboxylic acids is 2. The molecule has 0 saturated heterocycles. The third-order valence-corrected chi connectivity index (χ3v) is 7.91. The van der Waals surface area contributed by atoms with Gasteiger partial charge in [0.05, 0.1) is 23.5 Å². The number of aromatic nitrogens is 2. The van der Waals surface area contributed by atoms with Gasteiger partial charge in [-0.15, -0.1) is 0 Å². The van der Waals surface area contributed by atoms with Gasteiger partial charge < -0.3 is 20.9 Å². The van der Waals surface area contributed by atoms with Crippen LogP contribution in [0.2, 0.25) is 0 Å². The Kier molecular flexibility index (Phi) is 8.69. The summed E-state index contributed by atoms with van der Waals surface area (Å²) < 4.78 is 0. The number of fused-ring (bicyclic) bond motifs is 1. The summed E-state index contributed by atoms with van der Waals surface area (Å²) in [5, 5.41) is 15.0. The molecule has 1 saturated carbocycles. The van der Waals surface area contributed by atoms with E-state index in [2.05, 4.69) is 38.7 Å². The van der Waals surface area contributed by atoms with Gasteiger partial charge in [-0.05, 0) is 64.1 Å². The van der Waals surface area contributed by atoms with Crippen molar-refractivity contribution in [3.8, 4) is 0 Å². The summed E-state index contributed by atoms with van der Waals surface area (Å²) in [5.74, 6) is 0.507. The molecule has 2 heterocycles. The highest BCUT2D eigenvalue weighted by molar-refractivity contribution is 6.42. The number of benzene rings is 1. The summed E-state index contributed by atoms with van der Waals surface area (Å²) in [4.78, 5) is 38.2. The smallest absolute Gasteiger partial charge is 0.237 e. The number of hydrogen-bond donors (Lipinski definition) is 3. The number of para-hydroxylation sites is 1. The van der Waals surface area contributed by atoms with Gasteiger partial charge in [0.2, 0.25) is 5.91 Å². The lowest BCUT2D eigenvalue weighted by Gasteiger charge is -2.32. The Morgan fingerprint density at radius 1 is 1.16 bits per heavy atom. The van der Waals surface area contributed by atoms with Crippen LogP contribution in [0, 0.1) is 18.3 Å². The molecule has 3 N–H and O–H groups in total. The van der Waals surface area contributed by atoms with Gasteiger partial charge >= 0.3 is 0 Å². The van der Waals surface area contributed by atoms with E-state index in [1.54, 1.807) is 14.0 Å². The summed E-state index contributed by atoms with van der Waals surface area (Å²) in [6, 6.07) is 9.17. The second kappa shape index (κ2) is 11.9. The molecule has 4 rings (SSSR count). The van der Waals surface area contributed by atoms with Crippen molar-refractivity contribution in [1.29, 1.82) is 5.41 Å². The second-order valence-corrected chi connectivity index (χ2v) is 10.4. The van der Waals surface area contributed by atoms with Crippen molar-refractivity contribution in [1.82, 2.24) is 20.6 Å². The lowest BCUT2D eigenvalue weighted by Crippen LogP contribution is -2.53. The molecular weight excluding hydrogens is 464 g/mol. The number of nitrogens with zero attached hydrogens (tertiary/aromatic N) is 3. The molecule has 1 aliphatic heterocycles. The third-order valence-electron chi connectivity index (χ3n) is 7.91. The monoisotopic (exact) mass is 504 g/mol. The topological polar surface area (TPSA) is 111 Å². The first-order valence-corrected chi connectivity index (χ1v) is 13.6. The first kappa shape index (κ1) is 26.9. The summed E-state index contributed by atoms with van der Waals surface area (Å²) >= 11 is 0. The molecular formula is C29H40N6O2. The number of ketones is 1. The van der Waals surface area contributed by atoms with Crippen molar-refractivity contribution < 1.29 is 9.59 Å². The lowest BCUT2D eigenvalue weighted by atomic mass is 9.79. The highest BCUT2D eigenvalue weighted by Crippen LogP contribution is 2.35. The second-order valence-electron chi connectivity index (χ2n) is 10.4. The fourth-order valence-corrected chi connectivity index (χ4v) is 5.64. The minimum Gasteiger partial charge on any atom is -0.344 e. The maximum absolute atomic E-state index is 13.8. The van der Waals surface area contributed by atoms with Crippen molar-refractivity contribution in [3.63, 3.8) is 0 Å². The zero-order valence-electron chi connectivity index (χ0n) is 22.5. The van der Waals surface area contributed by atoms with E-state index < -0.39 is 18.0 Å². The van der Waals surface area contributed by atoms with Crippen molar-refractivity contribution in [2.24, 2.45) is 5.92 Å². The molecule has 2 aliphatic rings. The molecule has 3 atom stereocenters. The van der Waals surface area contributed by atoms with E-state index in [0.717, 1.165) is 56.6 Å². The van der Waals surface area contributed by atoms with Crippen LogP contribution in [0.5, 0.6) is 0 Å². The number of hydrogen-bond acceptors (Lipinski definition) is 7. The predicted octanol–water partition coefficient (Wildman–Crippen LogP) is 4.23. The van der Waals surface area contributed by atoms with Gasteiger partial charge in [0.25, 0.3) is 0 Å². The molecule has 0 unspecified atom stereocenters. The average molecular weight is 505 g/mol. The van der Waals surface area contributed by atoms with Crippen molar-refractivity contribution in [2.45, 2.75) is 83.7 Å². The molecule has 198 valence electrons. The minimum atomic E-state index is -0.682. The van der Waals surface area contributed by atoms with Crippen LogP contribution in [0.25, 0.3) is 0 Å². The summed E-state index contributed by atoms with van der Waals surface area (Å²) in [7, 11) is 1.73. The number of carbonyl (C=O) groups is 2. The number of amides is 1. The van der Waals surface area contributed by atoms with Crippen LogP contribution in [-0.4, -0.2) is 53.0 Å². The molecule has 8 heteroatoms. The Hall–Kier alpha value is -3.13. The molecule has 2 aromatic rings. The minimum absolute atomic E-state index is 0.0151. The molecule has 0 spiro atoms. The van der Waals surface area contributed by atoms with E-state index in [-0.39, 0.29) is 23.3 Å². The van der Waals surface area contributed by atoms with Gasteiger partial charge in [0.1, 0.15) is 11.6 Å². The summed E-state index contributed by atoms with van der Waals surface area (Å²) in [5.41, 5.74) is 3.13. The van der Waals surface area contributed by atoms with Gasteiger partial charge in [0, 0.05) is 24.2 Å². The molecule has 1 fully saturated rings. The lowest BCUT2D eigenvalue weighted by molar-refractivity contribution is -0.127. The number of anilines is 2. The standard InChI is InChI=1S/C29H40N6O2/c1-5-22(23-17-25(33-19(3)32-23)35-16-15-20-11-9-10-14-24(20)35)26(30)28(36)27(21-12-7-6-8-13-21)34-29(37)18(2)31-4/h9-11,14,17-18,21-22,27,30-31H,5-8,12-13,15-16H2,1-4H3,(H,34,37)/t18-,22-,27-/m0/s1. The van der Waals surface area contributed by atoms with Crippen molar-refractivity contribution in [2.75, 3.05) is 18.5 Å². The van der Waals surface area contributed by atoms with Crippen molar-refractivity contribution in [3.05, 3.63) is 47.4 Å². The van der Waals surface area contributed by atoms with Crippen LogP contribution in [0.15, 0.2) is 30.3 Å². The fourth-order valence-electron chi connectivity index (χ4n) is 5.64. The number of nitrogens with one attached hydrogen (secondary N) is 3. The van der Waals surface area contributed by atoms with E-state index >= 15 is 0 Å². The summed E-state index contributed by atoms with van der Waals surface area (Å²) in [6.07, 6.45) is 6.53. The van der Waals surface area contributed by atoms with E-state index in [4.69, 9.17) is 10.4 Å². The number of Topliss-reactive ketones (excluding diaryl/α,β-unsaturated/α-hetero) is 1. The van der Waals surface area contributed by atoms with Crippen molar-refractivity contribution >= 4 is 28.9 Å². The number of rotatable bonds is 10. The first-order chi connectivity index (χ1) is 17.8. The zero-order chi connectivity index (χ0) is 26.5. The molecule has 1 aromatic carbocycles. The van der Waals surface area contributed by atoms with Crippen LogP contribution in [0.4, 0.5) is 11.5 Å². The maximum Gasteiger partial charge on any atom is 0.237 e. The van der Waals surface area contributed by atoms with Crippen LogP contribution in [0.1, 0.15) is 75.4 Å². The average Bonchev–Trinajstić information content (AvgIpc) is 3.35. The van der Waals surface area contributed by atoms with Gasteiger partial charge in [-0.3, -0.25) is 9.59 Å². The SMILES string of the molecule is CC[C@H](C(=N)C(=O)[C@@H](NC(=O)[C@H](C)NC)C1CCCCC1)c1cc(N2CCc3ccccc32)nc(C)n1. The molecule has 1 amide bonds. The van der Waals surface area contributed by atoms with Crippen LogP contribution in [-0.2, 0) is 16.0 Å². The van der Waals surface area contributed by atoms with Gasteiger partial charge in [-0.1, -0.05) is 44.4 Å². The normalized spacial score (nSPS) is 18.1. The van der Waals surface area contributed by atoms with Gasteiger partial charge in [0.15, 0.2) is 5.78 Å². The van der Waals surface area contributed by atoms with E-state index in [9.17, 15) is 9.59 Å². The molecule has 1 aliphatic carbocycles. The molecule has 0 radical (unpaired) electrons.